The van der Waals surface area contributed by atoms with Gasteiger partial charge in [0.25, 0.3) is 0 Å². The van der Waals surface area contributed by atoms with Crippen LogP contribution >= 0.6 is 0 Å². The number of aryl methyl sites for hydroxylation is 1. The molecule has 2 aromatic rings. The molecule has 0 amide bonds. The number of rotatable bonds is 7. The van der Waals surface area contributed by atoms with Gasteiger partial charge < -0.3 is 10.5 Å². The number of esters is 1. The number of carbonyl (C=O) groups is 1. The van der Waals surface area contributed by atoms with Gasteiger partial charge in [-0.15, -0.1) is 0 Å². The van der Waals surface area contributed by atoms with Gasteiger partial charge in [-0.25, -0.2) is 0 Å². The van der Waals surface area contributed by atoms with Gasteiger partial charge in [0.15, 0.2) is 0 Å². The quantitative estimate of drug-likeness (QED) is 0.345. The second-order valence-electron chi connectivity index (χ2n) is 6.89. The van der Waals surface area contributed by atoms with Crippen LogP contribution in [0.15, 0.2) is 48.8 Å². The lowest BCUT2D eigenvalue weighted by Crippen LogP contribution is -2.28. The summed E-state index contributed by atoms with van der Waals surface area (Å²) in [6, 6.07) is 11.8. The van der Waals surface area contributed by atoms with Crippen LogP contribution in [0, 0.1) is 5.41 Å². The Hall–Kier alpha value is -2.69. The molecule has 0 aliphatic carbocycles. The number of nitrogens with one attached hydrogen (secondary N) is 1. The van der Waals surface area contributed by atoms with Crippen LogP contribution in [-0.4, -0.2) is 22.9 Å². The molecule has 1 aromatic heterocycles. The van der Waals surface area contributed by atoms with Crippen molar-refractivity contribution in [3.63, 3.8) is 0 Å². The van der Waals surface area contributed by atoms with Gasteiger partial charge in [-0.3, -0.25) is 15.2 Å². The van der Waals surface area contributed by atoms with Crippen molar-refractivity contribution in [1.82, 2.24) is 4.98 Å². The molecule has 1 aromatic carbocycles. The molecule has 0 spiro atoms. The average Bonchev–Trinajstić information content (AvgIpc) is 2.66. The molecule has 1 fully saturated rings. The molecule has 1 saturated heterocycles. The smallest absolute Gasteiger partial charge is 0.306 e. The number of hydrogen-bond donors (Lipinski definition) is 2. The van der Waals surface area contributed by atoms with Crippen LogP contribution in [0.1, 0.15) is 54.7 Å². The predicted octanol–water partition coefficient (Wildman–Crippen LogP) is 3.57. The first kappa shape index (κ1) is 18.1. The fourth-order valence-corrected chi connectivity index (χ4v) is 3.48. The summed E-state index contributed by atoms with van der Waals surface area (Å²) in [7, 11) is 0. The third-order valence-electron chi connectivity index (χ3n) is 4.92. The van der Waals surface area contributed by atoms with Crippen molar-refractivity contribution < 1.29 is 9.53 Å². The Labute approximate surface area is 154 Å². The van der Waals surface area contributed by atoms with E-state index in [4.69, 9.17) is 15.9 Å². The molecule has 5 heteroatoms. The molecular weight excluding hydrogens is 326 g/mol. The van der Waals surface area contributed by atoms with Crippen molar-refractivity contribution in [3.05, 3.63) is 65.5 Å². The van der Waals surface area contributed by atoms with E-state index in [0.717, 1.165) is 43.2 Å². The van der Waals surface area contributed by atoms with Crippen molar-refractivity contribution in [1.29, 1.82) is 5.41 Å². The van der Waals surface area contributed by atoms with Crippen LogP contribution in [0.5, 0.6) is 0 Å². The summed E-state index contributed by atoms with van der Waals surface area (Å²) in [4.78, 5) is 16.1. The molecule has 5 nitrogen and oxygen atoms in total. The van der Waals surface area contributed by atoms with E-state index in [0.29, 0.717) is 6.42 Å². The molecule has 0 bridgehead atoms. The van der Waals surface area contributed by atoms with Gasteiger partial charge in [0, 0.05) is 18.0 Å². The van der Waals surface area contributed by atoms with Crippen molar-refractivity contribution in [2.24, 2.45) is 5.73 Å². The minimum Gasteiger partial charge on any atom is -0.462 e. The Morgan fingerprint density at radius 3 is 2.73 bits per heavy atom. The Bertz CT molecular complexity index is 744. The van der Waals surface area contributed by atoms with Crippen LogP contribution in [-0.2, 0) is 16.0 Å². The largest absolute Gasteiger partial charge is 0.462 e. The molecular formula is C21H25N3O2. The normalized spacial score (nSPS) is 19.8. The van der Waals surface area contributed by atoms with Crippen LogP contribution in [0.4, 0.5) is 0 Å². The molecule has 3 rings (SSSR count). The van der Waals surface area contributed by atoms with Crippen LogP contribution in [0.3, 0.4) is 0 Å². The monoisotopic (exact) mass is 351 g/mol. The van der Waals surface area contributed by atoms with Crippen molar-refractivity contribution in [2.45, 2.75) is 50.5 Å². The number of ether oxygens (including phenoxy) is 1. The second kappa shape index (κ2) is 8.61. The average molecular weight is 351 g/mol. The van der Waals surface area contributed by atoms with E-state index in [1.165, 1.54) is 5.56 Å². The zero-order valence-electron chi connectivity index (χ0n) is 14.9. The molecule has 1 aliphatic heterocycles. The first-order valence-electron chi connectivity index (χ1n) is 9.14. The second-order valence-corrected chi connectivity index (χ2v) is 6.89. The van der Waals surface area contributed by atoms with E-state index in [1.54, 1.807) is 6.20 Å². The number of carbonyl (C=O) groups excluding carboxylic acids is 1. The molecule has 2 heterocycles. The highest BCUT2D eigenvalue weighted by Gasteiger charge is 2.29. The summed E-state index contributed by atoms with van der Waals surface area (Å²) in [5, 5.41) is 7.41. The van der Waals surface area contributed by atoms with E-state index in [-0.39, 0.29) is 23.8 Å². The predicted molar refractivity (Wildman–Crippen MR) is 101 cm³/mol. The van der Waals surface area contributed by atoms with Gasteiger partial charge in [-0.05, 0) is 55.2 Å². The molecule has 1 aliphatic rings. The summed E-state index contributed by atoms with van der Waals surface area (Å²) in [5.41, 5.74) is 8.59. The summed E-state index contributed by atoms with van der Waals surface area (Å²) in [5.74, 6) is 0.211. The number of nitrogen functional groups attached to an aromatic ring is 1. The lowest BCUT2D eigenvalue weighted by Gasteiger charge is -2.29. The number of benzene rings is 1. The van der Waals surface area contributed by atoms with Crippen LogP contribution in [0.2, 0.25) is 0 Å². The van der Waals surface area contributed by atoms with E-state index in [9.17, 15) is 4.79 Å². The number of nitrogens with zero attached hydrogens (tertiary/aromatic N) is 1. The topological polar surface area (TPSA) is 89.1 Å². The zero-order valence-corrected chi connectivity index (χ0v) is 14.9. The highest BCUT2D eigenvalue weighted by Crippen LogP contribution is 2.32. The summed E-state index contributed by atoms with van der Waals surface area (Å²) >= 11 is 0. The number of unbranched alkanes of at least 4 members (excludes halogenated alkanes) is 1. The Morgan fingerprint density at radius 1 is 1.23 bits per heavy atom. The number of pyridine rings is 1. The highest BCUT2D eigenvalue weighted by atomic mass is 16.5. The Morgan fingerprint density at radius 2 is 2.04 bits per heavy atom. The standard InChI is InChI=1S/C21H25N3O2/c22-21(23)16-9-7-15(8-10-16)4-1-2-6-19-12-18(13-20(25)26-19)17-5-3-11-24-14-17/h3,5,7-11,14,18-19H,1-2,4,6,12-13H2,(H3,22,23)/t18-,19+/m1/s1. The van der Waals surface area contributed by atoms with E-state index in [1.807, 2.05) is 42.6 Å². The fourth-order valence-electron chi connectivity index (χ4n) is 3.48. The molecule has 3 N–H and O–H groups in total. The summed E-state index contributed by atoms with van der Waals surface area (Å²) in [6.07, 6.45) is 8.88. The third kappa shape index (κ3) is 4.91. The maximum Gasteiger partial charge on any atom is 0.306 e. The molecule has 0 unspecified atom stereocenters. The first-order chi connectivity index (χ1) is 12.6. The maximum absolute atomic E-state index is 11.9. The van der Waals surface area contributed by atoms with Crippen LogP contribution in [0.25, 0.3) is 0 Å². The lowest BCUT2D eigenvalue weighted by atomic mass is 9.87. The van der Waals surface area contributed by atoms with Crippen molar-refractivity contribution in [3.8, 4) is 0 Å². The molecule has 0 radical (unpaired) electrons. The van der Waals surface area contributed by atoms with E-state index in [2.05, 4.69) is 4.98 Å². The van der Waals surface area contributed by atoms with E-state index >= 15 is 0 Å². The number of hydrogen-bond acceptors (Lipinski definition) is 4. The number of aromatic nitrogens is 1. The maximum atomic E-state index is 11.9. The number of nitrogens with two attached hydrogens (primary N) is 1. The highest BCUT2D eigenvalue weighted by molar-refractivity contribution is 5.94. The molecule has 136 valence electrons. The summed E-state index contributed by atoms with van der Waals surface area (Å²) in [6.45, 7) is 0. The minimum absolute atomic E-state index is 0.00143. The summed E-state index contributed by atoms with van der Waals surface area (Å²) < 4.78 is 5.54. The fraction of sp³-hybridized carbons (Fsp3) is 0.381. The lowest BCUT2D eigenvalue weighted by molar-refractivity contribution is -0.155. The van der Waals surface area contributed by atoms with E-state index < -0.39 is 0 Å². The van der Waals surface area contributed by atoms with Gasteiger partial charge in [0.1, 0.15) is 11.9 Å². The number of cyclic esters (lactones) is 1. The van der Waals surface area contributed by atoms with Crippen molar-refractivity contribution >= 4 is 11.8 Å². The molecule has 2 atom stereocenters. The van der Waals surface area contributed by atoms with Gasteiger partial charge in [-0.1, -0.05) is 30.3 Å². The SMILES string of the molecule is N=C(N)c1ccc(CCCC[C@H]2C[C@@H](c3cccnc3)CC(=O)O2)cc1. The van der Waals surface area contributed by atoms with Gasteiger partial charge >= 0.3 is 5.97 Å². The molecule has 0 saturated carbocycles. The van der Waals surface area contributed by atoms with Crippen LogP contribution < -0.4 is 5.73 Å². The zero-order chi connectivity index (χ0) is 18.4. The number of amidine groups is 1. The Balaban J connectivity index is 1.45. The Kier molecular flexibility index (Phi) is 6.00. The molecule has 26 heavy (non-hydrogen) atoms. The van der Waals surface area contributed by atoms with Gasteiger partial charge in [-0.2, -0.15) is 0 Å². The third-order valence-corrected chi connectivity index (χ3v) is 4.92. The van der Waals surface area contributed by atoms with Crippen molar-refractivity contribution in [2.75, 3.05) is 0 Å². The van der Waals surface area contributed by atoms with Gasteiger partial charge in [0.05, 0.1) is 6.42 Å². The first-order valence-corrected chi connectivity index (χ1v) is 9.14. The minimum atomic E-state index is -0.102. The van der Waals surface area contributed by atoms with Gasteiger partial charge in [0.2, 0.25) is 0 Å².